The van der Waals surface area contributed by atoms with Crippen molar-refractivity contribution < 1.29 is 24.7 Å². The summed E-state index contributed by atoms with van der Waals surface area (Å²) in [5.74, 6) is 4.35. The van der Waals surface area contributed by atoms with Crippen LogP contribution >= 0.6 is 0 Å². The van der Waals surface area contributed by atoms with Gasteiger partial charge in [0.2, 0.25) is 5.91 Å². The summed E-state index contributed by atoms with van der Waals surface area (Å²) in [6.07, 6.45) is -0.387. The van der Waals surface area contributed by atoms with Gasteiger partial charge in [-0.15, -0.1) is 0 Å². The van der Waals surface area contributed by atoms with E-state index in [1.807, 2.05) is 0 Å². The minimum absolute atomic E-state index is 0.142. The number of rotatable bonds is 10. The van der Waals surface area contributed by atoms with Crippen LogP contribution in [0.5, 0.6) is 0 Å². The Morgan fingerprint density at radius 3 is 2.12 bits per heavy atom. The number of hydrogen-bond acceptors (Lipinski definition) is 7. The number of amides is 3. The second kappa shape index (κ2) is 13.7. The molecule has 0 saturated carbocycles. The molecule has 0 spiro atoms. The van der Waals surface area contributed by atoms with Crippen LogP contribution in [0.1, 0.15) is 34.8 Å². The molecule has 0 fully saturated rings. The van der Waals surface area contributed by atoms with Crippen LogP contribution in [0.4, 0.5) is 5.69 Å². The van der Waals surface area contributed by atoms with Crippen molar-refractivity contribution in [2.45, 2.75) is 25.5 Å². The fourth-order valence-corrected chi connectivity index (χ4v) is 2.82. The third kappa shape index (κ3) is 8.65. The molecule has 0 bridgehead atoms. The highest BCUT2D eigenvalue weighted by Crippen LogP contribution is 2.09. The first-order valence-electron chi connectivity index (χ1n) is 10.7. The lowest BCUT2D eigenvalue weighted by molar-refractivity contribution is -0.133. The SMILES string of the molecule is CC(O)C(NC(=O)c1ccc(C#Cc2ccc(NC(=O)CNCCCN)cc2)cc1)C(=O)NO. The van der Waals surface area contributed by atoms with E-state index < -0.39 is 24.0 Å². The van der Waals surface area contributed by atoms with Crippen molar-refractivity contribution in [1.82, 2.24) is 16.1 Å². The summed E-state index contributed by atoms with van der Waals surface area (Å²) in [6.45, 7) is 2.80. The van der Waals surface area contributed by atoms with Crippen molar-refractivity contribution in [1.29, 1.82) is 0 Å². The molecule has 0 saturated heterocycles. The largest absolute Gasteiger partial charge is 0.391 e. The number of hydrogen-bond donors (Lipinski definition) is 7. The Hall–Kier alpha value is -3.75. The first kappa shape index (κ1) is 26.5. The van der Waals surface area contributed by atoms with Gasteiger partial charge in [0.25, 0.3) is 11.8 Å². The van der Waals surface area contributed by atoms with E-state index in [0.29, 0.717) is 24.3 Å². The Bertz CT molecular complexity index is 1030. The number of benzene rings is 2. The van der Waals surface area contributed by atoms with Crippen LogP contribution in [0.25, 0.3) is 0 Å². The molecule has 34 heavy (non-hydrogen) atoms. The minimum Gasteiger partial charge on any atom is -0.391 e. The Labute approximate surface area is 197 Å². The van der Waals surface area contributed by atoms with Gasteiger partial charge >= 0.3 is 0 Å². The van der Waals surface area contributed by atoms with Gasteiger partial charge in [-0.05, 0) is 75.0 Å². The highest BCUT2D eigenvalue weighted by atomic mass is 16.5. The smallest absolute Gasteiger partial charge is 0.268 e. The molecule has 0 aromatic heterocycles. The number of aliphatic hydroxyl groups is 1. The van der Waals surface area contributed by atoms with Crippen LogP contribution in [0.2, 0.25) is 0 Å². The first-order chi connectivity index (χ1) is 16.3. The molecule has 3 amide bonds. The molecule has 0 aliphatic heterocycles. The lowest BCUT2D eigenvalue weighted by Gasteiger charge is -2.19. The fourth-order valence-electron chi connectivity index (χ4n) is 2.82. The van der Waals surface area contributed by atoms with E-state index in [-0.39, 0.29) is 18.0 Å². The van der Waals surface area contributed by atoms with Crippen molar-refractivity contribution in [2.75, 3.05) is 25.0 Å². The molecular formula is C24H29N5O5. The van der Waals surface area contributed by atoms with Gasteiger partial charge in [0, 0.05) is 22.4 Å². The van der Waals surface area contributed by atoms with E-state index in [1.54, 1.807) is 36.4 Å². The Kier molecular flexibility index (Phi) is 10.7. The molecule has 180 valence electrons. The molecular weight excluding hydrogens is 438 g/mol. The Morgan fingerprint density at radius 1 is 1.00 bits per heavy atom. The number of anilines is 1. The van der Waals surface area contributed by atoms with Crippen LogP contribution in [0.3, 0.4) is 0 Å². The number of carbonyl (C=O) groups is 3. The third-order valence-corrected chi connectivity index (χ3v) is 4.67. The average Bonchev–Trinajstić information content (AvgIpc) is 2.84. The first-order valence-corrected chi connectivity index (χ1v) is 10.7. The summed E-state index contributed by atoms with van der Waals surface area (Å²) in [7, 11) is 0. The van der Waals surface area contributed by atoms with Gasteiger partial charge in [-0.3, -0.25) is 19.6 Å². The van der Waals surface area contributed by atoms with Crippen molar-refractivity contribution >= 4 is 23.4 Å². The molecule has 8 N–H and O–H groups in total. The molecule has 2 unspecified atom stereocenters. The van der Waals surface area contributed by atoms with Gasteiger partial charge in [0.15, 0.2) is 0 Å². The van der Waals surface area contributed by atoms with E-state index in [9.17, 15) is 19.5 Å². The monoisotopic (exact) mass is 467 g/mol. The van der Waals surface area contributed by atoms with Gasteiger partial charge in [-0.25, -0.2) is 5.48 Å². The standard InChI is InChI=1S/C24H29N5O5/c1-16(30)22(24(33)29-34)28-23(32)19-9-5-17(6-10-19)3-4-18-7-11-20(12-8-18)27-21(31)15-26-14-2-13-25/h5-12,16,22,26,30,34H,2,13-15,25H2,1H3,(H,27,31)(H,28,32)(H,29,33). The minimum atomic E-state index is -1.29. The molecule has 2 aromatic rings. The molecule has 10 heteroatoms. The van der Waals surface area contributed by atoms with Gasteiger partial charge in [-0.2, -0.15) is 0 Å². The zero-order valence-electron chi connectivity index (χ0n) is 18.8. The third-order valence-electron chi connectivity index (χ3n) is 4.67. The summed E-state index contributed by atoms with van der Waals surface area (Å²) < 4.78 is 0. The topological polar surface area (TPSA) is 166 Å². The van der Waals surface area contributed by atoms with Crippen LogP contribution in [0.15, 0.2) is 48.5 Å². The molecule has 0 radical (unpaired) electrons. The number of nitrogens with one attached hydrogen (secondary N) is 4. The maximum absolute atomic E-state index is 12.3. The second-order valence-corrected chi connectivity index (χ2v) is 7.44. The van der Waals surface area contributed by atoms with Gasteiger partial charge in [0.05, 0.1) is 12.6 Å². The zero-order valence-corrected chi connectivity index (χ0v) is 18.8. The maximum Gasteiger partial charge on any atom is 0.268 e. The van der Waals surface area contributed by atoms with E-state index in [2.05, 4.69) is 27.8 Å². The van der Waals surface area contributed by atoms with Crippen molar-refractivity contribution in [2.24, 2.45) is 5.73 Å². The van der Waals surface area contributed by atoms with Crippen molar-refractivity contribution in [3.63, 3.8) is 0 Å². The Balaban J connectivity index is 1.93. The molecule has 0 heterocycles. The number of carbonyl (C=O) groups excluding carboxylic acids is 3. The van der Waals surface area contributed by atoms with Crippen LogP contribution in [-0.4, -0.2) is 59.8 Å². The average molecular weight is 468 g/mol. The predicted molar refractivity (Wildman–Crippen MR) is 127 cm³/mol. The summed E-state index contributed by atoms with van der Waals surface area (Å²) in [4.78, 5) is 35.7. The number of hydroxylamine groups is 1. The molecule has 2 rings (SSSR count). The van der Waals surface area contributed by atoms with Crippen molar-refractivity contribution in [3.05, 3.63) is 65.2 Å². The highest BCUT2D eigenvalue weighted by Gasteiger charge is 2.25. The van der Waals surface area contributed by atoms with E-state index in [0.717, 1.165) is 12.0 Å². The molecule has 2 atom stereocenters. The summed E-state index contributed by atoms with van der Waals surface area (Å²) in [5.41, 5.74) is 9.16. The maximum atomic E-state index is 12.3. The summed E-state index contributed by atoms with van der Waals surface area (Å²) >= 11 is 0. The van der Waals surface area contributed by atoms with E-state index in [1.165, 1.54) is 24.5 Å². The van der Waals surface area contributed by atoms with Crippen molar-refractivity contribution in [3.8, 4) is 11.8 Å². The lowest BCUT2D eigenvalue weighted by atomic mass is 10.1. The normalized spacial score (nSPS) is 12.0. The quantitative estimate of drug-likeness (QED) is 0.111. The van der Waals surface area contributed by atoms with Gasteiger partial charge in [0.1, 0.15) is 6.04 Å². The van der Waals surface area contributed by atoms with Crippen LogP contribution < -0.4 is 27.2 Å². The number of nitrogens with two attached hydrogens (primary N) is 1. The van der Waals surface area contributed by atoms with Crippen LogP contribution in [-0.2, 0) is 9.59 Å². The van der Waals surface area contributed by atoms with E-state index >= 15 is 0 Å². The molecule has 10 nitrogen and oxygen atoms in total. The highest BCUT2D eigenvalue weighted by molar-refractivity contribution is 5.97. The van der Waals surface area contributed by atoms with Gasteiger partial charge in [-0.1, -0.05) is 11.8 Å². The predicted octanol–water partition coefficient (Wildman–Crippen LogP) is -0.0521. The number of aliphatic hydroxyl groups excluding tert-OH is 1. The molecule has 2 aromatic carbocycles. The molecule has 0 aliphatic carbocycles. The van der Waals surface area contributed by atoms with Crippen LogP contribution in [0, 0.1) is 11.8 Å². The lowest BCUT2D eigenvalue weighted by Crippen LogP contribution is -2.51. The second-order valence-electron chi connectivity index (χ2n) is 7.44. The zero-order chi connectivity index (χ0) is 24.9. The fraction of sp³-hybridized carbons (Fsp3) is 0.292. The Morgan fingerprint density at radius 2 is 1.59 bits per heavy atom. The molecule has 0 aliphatic rings. The van der Waals surface area contributed by atoms with E-state index in [4.69, 9.17) is 10.9 Å². The summed E-state index contributed by atoms with van der Waals surface area (Å²) in [6, 6.07) is 12.2. The van der Waals surface area contributed by atoms with Gasteiger partial charge < -0.3 is 26.8 Å². The summed E-state index contributed by atoms with van der Waals surface area (Å²) in [5, 5.41) is 26.5.